The summed E-state index contributed by atoms with van der Waals surface area (Å²) in [6.45, 7) is 6.87. The first kappa shape index (κ1) is 26.7. The van der Waals surface area contributed by atoms with Crippen LogP contribution in [0.2, 0.25) is 0 Å². The minimum absolute atomic E-state index is 0.248. The third-order valence-electron chi connectivity index (χ3n) is 4.37. The maximum Gasteiger partial charge on any atom is 0.312 e. The second-order valence-corrected chi connectivity index (χ2v) is 8.37. The zero-order valence-electron chi connectivity index (χ0n) is 17.9. The number of esters is 3. The van der Waals surface area contributed by atoms with Crippen LogP contribution in [-0.2, 0) is 28.6 Å². The van der Waals surface area contributed by atoms with Gasteiger partial charge in [-0.25, -0.2) is 0 Å². The van der Waals surface area contributed by atoms with Crippen molar-refractivity contribution in [2.24, 2.45) is 11.3 Å². The van der Waals surface area contributed by atoms with Crippen molar-refractivity contribution in [1.29, 1.82) is 0 Å². The van der Waals surface area contributed by atoms with Gasteiger partial charge < -0.3 is 19.9 Å². The molecule has 0 saturated carbocycles. The molecule has 0 aromatic heterocycles. The van der Waals surface area contributed by atoms with Crippen LogP contribution < -0.4 is 5.73 Å². The molecule has 28 heavy (non-hydrogen) atoms. The lowest BCUT2D eigenvalue weighted by Gasteiger charge is -2.29. The second-order valence-electron chi connectivity index (χ2n) is 7.26. The number of hydrogen-bond donors (Lipinski definition) is 1. The molecule has 0 fully saturated rings. The van der Waals surface area contributed by atoms with E-state index in [0.29, 0.717) is 31.1 Å². The zero-order chi connectivity index (χ0) is 21.4. The Morgan fingerprint density at radius 1 is 1.11 bits per heavy atom. The summed E-state index contributed by atoms with van der Waals surface area (Å²) in [5, 5.41) is 0. The fourth-order valence-electron chi connectivity index (χ4n) is 2.70. The van der Waals surface area contributed by atoms with Crippen molar-refractivity contribution in [2.75, 3.05) is 38.4 Å². The largest absolute Gasteiger partial charge is 0.469 e. The van der Waals surface area contributed by atoms with Gasteiger partial charge in [0.15, 0.2) is 0 Å². The van der Waals surface area contributed by atoms with E-state index in [9.17, 15) is 14.4 Å². The average Bonchev–Trinajstić information content (AvgIpc) is 2.68. The Morgan fingerprint density at radius 2 is 1.82 bits per heavy atom. The van der Waals surface area contributed by atoms with Crippen molar-refractivity contribution < 1.29 is 34.3 Å². The lowest BCUT2D eigenvalue weighted by Crippen LogP contribution is -2.53. The molecule has 0 bridgehead atoms. The molecule has 2 unspecified atom stereocenters. The summed E-state index contributed by atoms with van der Waals surface area (Å²) in [4.78, 5) is 36.1. The van der Waals surface area contributed by atoms with E-state index in [1.807, 2.05) is 0 Å². The van der Waals surface area contributed by atoms with E-state index in [4.69, 9.17) is 9.47 Å². The molecule has 2 atom stereocenters. The van der Waals surface area contributed by atoms with Crippen LogP contribution >= 0.6 is 11.8 Å². The van der Waals surface area contributed by atoms with Crippen molar-refractivity contribution >= 4 is 29.7 Å². The van der Waals surface area contributed by atoms with Gasteiger partial charge in [0.2, 0.25) is 0 Å². The molecule has 0 aliphatic heterocycles. The summed E-state index contributed by atoms with van der Waals surface area (Å²) in [7, 11) is 1.35. The van der Waals surface area contributed by atoms with Crippen LogP contribution in [0.15, 0.2) is 0 Å². The topological polar surface area (TPSA) is 107 Å². The maximum atomic E-state index is 12.6. The van der Waals surface area contributed by atoms with Crippen LogP contribution in [0.5, 0.6) is 0 Å². The molecule has 0 aliphatic rings. The molecule has 0 rings (SSSR count). The van der Waals surface area contributed by atoms with Crippen molar-refractivity contribution in [3.05, 3.63) is 0 Å². The van der Waals surface area contributed by atoms with Crippen LogP contribution in [0.1, 0.15) is 59.3 Å². The van der Waals surface area contributed by atoms with Gasteiger partial charge >= 0.3 is 17.9 Å². The Kier molecular flexibility index (Phi) is 14.9. The molecular formula is C20H38NO6S+. The first-order valence-electron chi connectivity index (χ1n) is 10.1. The fraction of sp³-hybridized carbons (Fsp3) is 0.850. The second kappa shape index (κ2) is 15.6. The number of quaternary nitrogens is 1. The Labute approximate surface area is 173 Å². The van der Waals surface area contributed by atoms with Crippen LogP contribution in [-0.4, -0.2) is 56.3 Å². The lowest BCUT2D eigenvalue weighted by molar-refractivity contribution is -0.372. The summed E-state index contributed by atoms with van der Waals surface area (Å²) in [5.74, 6) is -0.329. The highest BCUT2D eigenvalue weighted by Gasteiger charge is 2.38. The van der Waals surface area contributed by atoms with Gasteiger partial charge in [-0.3, -0.25) is 14.4 Å². The molecule has 3 N–H and O–H groups in total. The van der Waals surface area contributed by atoms with E-state index in [1.54, 1.807) is 13.8 Å². The summed E-state index contributed by atoms with van der Waals surface area (Å²) < 4.78 is 15.3. The molecule has 0 spiro atoms. The Morgan fingerprint density at radius 3 is 2.43 bits per heavy atom. The minimum atomic E-state index is -0.837. The minimum Gasteiger partial charge on any atom is -0.469 e. The molecule has 0 amide bonds. The molecule has 0 heterocycles. The molecule has 8 heteroatoms. The molecule has 0 aromatic rings. The van der Waals surface area contributed by atoms with Gasteiger partial charge in [0, 0.05) is 11.5 Å². The third-order valence-corrected chi connectivity index (χ3v) is 5.70. The molecule has 0 aliphatic carbocycles. The van der Waals surface area contributed by atoms with Crippen molar-refractivity contribution in [2.45, 2.75) is 59.3 Å². The number of thioether (sulfide) groups is 1. The highest BCUT2D eigenvalue weighted by molar-refractivity contribution is 7.99. The predicted octanol–water partition coefficient (Wildman–Crippen LogP) is 2.22. The number of rotatable bonds is 16. The Hall–Kier alpha value is -1.28. The number of carbonyl (C=O) groups is 3. The van der Waals surface area contributed by atoms with E-state index in [0.717, 1.165) is 25.7 Å². The summed E-state index contributed by atoms with van der Waals surface area (Å²) in [6.07, 6.45) is 4.78. The molecule has 0 aromatic carbocycles. The first-order chi connectivity index (χ1) is 13.3. The van der Waals surface area contributed by atoms with Gasteiger partial charge in [0.1, 0.15) is 13.2 Å². The normalized spacial score (nSPS) is 14.0. The lowest BCUT2D eigenvalue weighted by atomic mass is 9.83. The number of methoxy groups -OCH3 is 1. The van der Waals surface area contributed by atoms with Crippen LogP contribution in [0, 0.1) is 11.3 Å². The molecular weight excluding hydrogens is 382 g/mol. The Balaban J connectivity index is 4.69. The first-order valence-corrected chi connectivity index (χ1v) is 11.2. The zero-order valence-corrected chi connectivity index (χ0v) is 18.7. The molecule has 0 saturated heterocycles. The third kappa shape index (κ3) is 11.5. The highest BCUT2D eigenvalue weighted by Crippen LogP contribution is 2.33. The van der Waals surface area contributed by atoms with E-state index in [-0.39, 0.29) is 30.9 Å². The van der Waals surface area contributed by atoms with E-state index >= 15 is 0 Å². The average molecular weight is 421 g/mol. The van der Waals surface area contributed by atoms with Gasteiger partial charge in [-0.1, -0.05) is 33.1 Å². The van der Waals surface area contributed by atoms with Gasteiger partial charge in [0.05, 0.1) is 31.5 Å². The smallest absolute Gasteiger partial charge is 0.312 e. The van der Waals surface area contributed by atoms with E-state index in [2.05, 4.69) is 17.4 Å². The SMILES string of the molecule is CCCCCCOC(=O)C(C)CC(C)(CSCCC(=O)OC)C(=O)OCC[NH3+]. The van der Waals surface area contributed by atoms with Gasteiger partial charge in [-0.05, 0) is 19.8 Å². The standard InChI is InChI=1S/C20H37NO6S/c1-5-6-7-8-11-26-18(23)16(2)14-20(3,19(24)27-12-10-21)15-28-13-9-17(22)25-4/h16H,5-15,21H2,1-4H3/p+1. The van der Waals surface area contributed by atoms with Gasteiger partial charge in [-0.15, -0.1) is 0 Å². The number of carbonyl (C=O) groups excluding carboxylic acids is 3. The van der Waals surface area contributed by atoms with Crippen molar-refractivity contribution in [1.82, 2.24) is 0 Å². The van der Waals surface area contributed by atoms with Crippen molar-refractivity contribution in [3.8, 4) is 0 Å². The van der Waals surface area contributed by atoms with Gasteiger partial charge in [-0.2, -0.15) is 11.8 Å². The van der Waals surface area contributed by atoms with Crippen LogP contribution in [0.4, 0.5) is 0 Å². The highest BCUT2D eigenvalue weighted by atomic mass is 32.2. The van der Waals surface area contributed by atoms with E-state index in [1.165, 1.54) is 18.9 Å². The number of ether oxygens (including phenoxy) is 3. The Bertz CT molecular complexity index is 474. The fourth-order valence-corrected chi connectivity index (χ4v) is 3.84. The van der Waals surface area contributed by atoms with Crippen LogP contribution in [0.25, 0.3) is 0 Å². The number of hydrogen-bond acceptors (Lipinski definition) is 7. The molecule has 7 nitrogen and oxygen atoms in total. The number of unbranched alkanes of at least 4 members (excludes halogenated alkanes) is 3. The molecule has 0 radical (unpaired) electrons. The summed E-state index contributed by atoms with van der Waals surface area (Å²) in [6, 6.07) is 0. The van der Waals surface area contributed by atoms with E-state index < -0.39 is 11.3 Å². The quantitative estimate of drug-likeness (QED) is 0.232. The van der Waals surface area contributed by atoms with Crippen molar-refractivity contribution in [3.63, 3.8) is 0 Å². The molecule has 164 valence electrons. The van der Waals surface area contributed by atoms with Crippen LogP contribution in [0.3, 0.4) is 0 Å². The summed E-state index contributed by atoms with van der Waals surface area (Å²) in [5.41, 5.74) is 2.84. The maximum absolute atomic E-state index is 12.6. The summed E-state index contributed by atoms with van der Waals surface area (Å²) >= 11 is 1.48. The predicted molar refractivity (Wildman–Crippen MR) is 110 cm³/mol. The monoisotopic (exact) mass is 420 g/mol. The van der Waals surface area contributed by atoms with Gasteiger partial charge in [0.25, 0.3) is 0 Å².